The van der Waals surface area contributed by atoms with Crippen molar-refractivity contribution in [1.29, 1.82) is 0 Å². The Morgan fingerprint density at radius 2 is 2.19 bits per heavy atom. The van der Waals surface area contributed by atoms with Crippen LogP contribution in [-0.4, -0.2) is 25.2 Å². The van der Waals surface area contributed by atoms with Crippen LogP contribution < -0.4 is 10.0 Å². The number of aromatic amines is 1. The molecule has 0 aliphatic heterocycles. The first-order valence-electron chi connectivity index (χ1n) is 6.15. The normalized spacial score (nSPS) is 11.6. The standard InChI is InChI=1S/C12H14BrClN4O2S/c1-2-15-6-8-7-16-17-12(8)21(19,20)18-10-5-3-4-9(14)11(10)13/h3-5,7,15,18H,2,6H2,1H3,(H,16,17). The molecule has 0 aliphatic rings. The number of benzene rings is 1. The van der Waals surface area contributed by atoms with Gasteiger partial charge in [-0.1, -0.05) is 24.6 Å². The number of hydrogen-bond donors (Lipinski definition) is 3. The molecular formula is C12H14BrClN4O2S. The minimum Gasteiger partial charge on any atom is -0.313 e. The fourth-order valence-corrected chi connectivity index (χ4v) is 3.57. The molecule has 0 atom stereocenters. The molecule has 0 fully saturated rings. The van der Waals surface area contributed by atoms with Crippen LogP contribution in [0.4, 0.5) is 5.69 Å². The molecule has 1 aromatic heterocycles. The van der Waals surface area contributed by atoms with Crippen molar-refractivity contribution in [1.82, 2.24) is 15.5 Å². The van der Waals surface area contributed by atoms with E-state index in [1.54, 1.807) is 18.2 Å². The first kappa shape index (κ1) is 16.3. The number of hydrogen-bond acceptors (Lipinski definition) is 4. The highest BCUT2D eigenvalue weighted by Crippen LogP contribution is 2.31. The zero-order valence-electron chi connectivity index (χ0n) is 11.2. The molecule has 0 bridgehead atoms. The van der Waals surface area contributed by atoms with Gasteiger partial charge in [0, 0.05) is 12.1 Å². The molecule has 2 aromatic rings. The molecule has 0 saturated heterocycles. The van der Waals surface area contributed by atoms with Crippen molar-refractivity contribution >= 4 is 43.2 Å². The van der Waals surface area contributed by atoms with Crippen LogP contribution in [0.1, 0.15) is 12.5 Å². The fraction of sp³-hybridized carbons (Fsp3) is 0.250. The number of aromatic nitrogens is 2. The van der Waals surface area contributed by atoms with Gasteiger partial charge >= 0.3 is 0 Å². The molecule has 2 rings (SSSR count). The van der Waals surface area contributed by atoms with Crippen LogP contribution in [0.25, 0.3) is 0 Å². The molecule has 0 amide bonds. The lowest BCUT2D eigenvalue weighted by Crippen LogP contribution is -2.18. The smallest absolute Gasteiger partial charge is 0.279 e. The minimum atomic E-state index is -3.77. The topological polar surface area (TPSA) is 86.9 Å². The predicted octanol–water partition coefficient (Wildman–Crippen LogP) is 2.74. The van der Waals surface area contributed by atoms with Gasteiger partial charge in [-0.05, 0) is 34.6 Å². The third-order valence-corrected chi connectivity index (χ3v) is 5.49. The molecule has 9 heteroatoms. The van der Waals surface area contributed by atoms with Crippen LogP contribution in [0, 0.1) is 0 Å². The molecule has 0 radical (unpaired) electrons. The van der Waals surface area contributed by atoms with Crippen molar-refractivity contribution in [2.45, 2.75) is 18.5 Å². The maximum Gasteiger partial charge on any atom is 0.279 e. The number of H-pyrrole nitrogens is 1. The molecule has 0 saturated carbocycles. The number of sulfonamides is 1. The molecule has 114 valence electrons. The number of halogens is 2. The summed E-state index contributed by atoms with van der Waals surface area (Å²) in [5.41, 5.74) is 0.939. The van der Waals surface area contributed by atoms with E-state index >= 15 is 0 Å². The Labute approximate surface area is 136 Å². The Morgan fingerprint density at radius 1 is 1.43 bits per heavy atom. The zero-order valence-corrected chi connectivity index (χ0v) is 14.3. The molecule has 0 aliphatic carbocycles. The van der Waals surface area contributed by atoms with E-state index in [1.807, 2.05) is 6.92 Å². The second-order valence-corrected chi connectivity index (χ2v) is 7.03. The third kappa shape index (κ3) is 3.76. The SMILES string of the molecule is CCNCc1cn[nH]c1S(=O)(=O)Nc1cccc(Cl)c1Br. The van der Waals surface area contributed by atoms with Gasteiger partial charge in [-0.2, -0.15) is 13.5 Å². The summed E-state index contributed by atoms with van der Waals surface area (Å²) in [7, 11) is -3.77. The number of nitrogens with zero attached hydrogens (tertiary/aromatic N) is 1. The highest BCUT2D eigenvalue weighted by atomic mass is 79.9. The number of rotatable bonds is 6. The van der Waals surface area contributed by atoms with E-state index in [1.165, 1.54) is 6.20 Å². The van der Waals surface area contributed by atoms with E-state index in [0.29, 0.717) is 27.3 Å². The molecule has 21 heavy (non-hydrogen) atoms. The van der Waals surface area contributed by atoms with Gasteiger partial charge in [0.2, 0.25) is 0 Å². The second kappa shape index (κ2) is 6.78. The van der Waals surface area contributed by atoms with Crippen molar-refractivity contribution < 1.29 is 8.42 Å². The third-order valence-electron chi connectivity index (χ3n) is 2.71. The molecule has 0 spiro atoms. The van der Waals surface area contributed by atoms with Gasteiger partial charge in [0.05, 0.1) is 21.4 Å². The molecule has 1 heterocycles. The zero-order chi connectivity index (χ0) is 15.5. The molecule has 0 unspecified atom stereocenters. The van der Waals surface area contributed by atoms with Crippen molar-refractivity contribution in [2.24, 2.45) is 0 Å². The van der Waals surface area contributed by atoms with Gasteiger partial charge in [0.15, 0.2) is 5.03 Å². The van der Waals surface area contributed by atoms with Crippen LogP contribution in [0.5, 0.6) is 0 Å². The van der Waals surface area contributed by atoms with Gasteiger partial charge in [-0.3, -0.25) is 9.82 Å². The lowest BCUT2D eigenvalue weighted by Gasteiger charge is -2.10. The van der Waals surface area contributed by atoms with Crippen molar-refractivity contribution in [3.05, 3.63) is 39.5 Å². The van der Waals surface area contributed by atoms with Gasteiger partial charge in [0.1, 0.15) is 0 Å². The maximum atomic E-state index is 12.4. The Morgan fingerprint density at radius 3 is 2.90 bits per heavy atom. The van der Waals surface area contributed by atoms with Crippen LogP contribution in [0.15, 0.2) is 33.9 Å². The molecular weight excluding hydrogens is 380 g/mol. The average molecular weight is 394 g/mol. The van der Waals surface area contributed by atoms with Gasteiger partial charge in [-0.15, -0.1) is 0 Å². The second-order valence-electron chi connectivity index (χ2n) is 4.21. The predicted molar refractivity (Wildman–Crippen MR) is 85.9 cm³/mol. The van der Waals surface area contributed by atoms with E-state index in [2.05, 4.69) is 36.2 Å². The summed E-state index contributed by atoms with van der Waals surface area (Å²) in [5.74, 6) is 0. The summed E-state index contributed by atoms with van der Waals surface area (Å²) in [5, 5.41) is 9.85. The molecule has 6 nitrogen and oxygen atoms in total. The Hall–Kier alpha value is -1.09. The van der Waals surface area contributed by atoms with Crippen LogP contribution in [0.2, 0.25) is 5.02 Å². The lowest BCUT2D eigenvalue weighted by molar-refractivity contribution is 0.594. The van der Waals surface area contributed by atoms with E-state index in [9.17, 15) is 8.42 Å². The fourth-order valence-electron chi connectivity index (χ4n) is 1.70. The van der Waals surface area contributed by atoms with Crippen LogP contribution >= 0.6 is 27.5 Å². The minimum absolute atomic E-state index is 0.0373. The van der Waals surface area contributed by atoms with Crippen molar-refractivity contribution in [3.8, 4) is 0 Å². The Balaban J connectivity index is 2.30. The average Bonchev–Trinajstić information content (AvgIpc) is 2.91. The quantitative estimate of drug-likeness (QED) is 0.704. The Bertz CT molecular complexity index is 733. The van der Waals surface area contributed by atoms with Gasteiger partial charge in [0.25, 0.3) is 10.0 Å². The number of nitrogens with one attached hydrogen (secondary N) is 3. The summed E-state index contributed by atoms with van der Waals surface area (Å²) in [4.78, 5) is 0. The summed E-state index contributed by atoms with van der Waals surface area (Å²) in [6, 6.07) is 4.95. The van der Waals surface area contributed by atoms with Crippen molar-refractivity contribution in [3.63, 3.8) is 0 Å². The van der Waals surface area contributed by atoms with Crippen molar-refractivity contribution in [2.75, 3.05) is 11.3 Å². The number of anilines is 1. The lowest BCUT2D eigenvalue weighted by atomic mass is 10.3. The molecule has 3 N–H and O–H groups in total. The van der Waals surface area contributed by atoms with Crippen LogP contribution in [0.3, 0.4) is 0 Å². The van der Waals surface area contributed by atoms with Crippen LogP contribution in [-0.2, 0) is 16.6 Å². The summed E-state index contributed by atoms with van der Waals surface area (Å²) < 4.78 is 27.8. The Kier molecular flexibility index (Phi) is 5.26. The summed E-state index contributed by atoms with van der Waals surface area (Å²) in [6.07, 6.45) is 1.49. The summed E-state index contributed by atoms with van der Waals surface area (Å²) >= 11 is 9.22. The highest BCUT2D eigenvalue weighted by Gasteiger charge is 2.22. The first-order valence-corrected chi connectivity index (χ1v) is 8.81. The van der Waals surface area contributed by atoms with E-state index in [4.69, 9.17) is 11.6 Å². The monoisotopic (exact) mass is 392 g/mol. The van der Waals surface area contributed by atoms with Gasteiger partial charge in [-0.25, -0.2) is 0 Å². The van der Waals surface area contributed by atoms with E-state index in [0.717, 1.165) is 6.54 Å². The summed E-state index contributed by atoms with van der Waals surface area (Å²) in [6.45, 7) is 3.09. The van der Waals surface area contributed by atoms with E-state index < -0.39 is 10.0 Å². The largest absolute Gasteiger partial charge is 0.313 e. The van der Waals surface area contributed by atoms with E-state index in [-0.39, 0.29) is 5.03 Å². The molecule has 1 aromatic carbocycles. The van der Waals surface area contributed by atoms with Gasteiger partial charge < -0.3 is 5.32 Å². The highest BCUT2D eigenvalue weighted by molar-refractivity contribution is 9.10. The first-order chi connectivity index (χ1) is 9.95. The maximum absolute atomic E-state index is 12.4.